The molecule has 1 aromatic carbocycles. The first-order chi connectivity index (χ1) is 15.7. The number of aromatic nitrogens is 1. The highest BCUT2D eigenvalue weighted by Gasteiger charge is 2.26. The predicted octanol–water partition coefficient (Wildman–Crippen LogP) is 2.51. The van der Waals surface area contributed by atoms with Gasteiger partial charge < -0.3 is 29.0 Å². The molecule has 0 unspecified atom stereocenters. The molecule has 1 heterocycles. The van der Waals surface area contributed by atoms with E-state index >= 15 is 0 Å². The largest absolute Gasteiger partial charge is 0.493 e. The minimum atomic E-state index is -0.988. The van der Waals surface area contributed by atoms with Crippen LogP contribution in [0.2, 0.25) is 0 Å². The van der Waals surface area contributed by atoms with Crippen LogP contribution in [0.15, 0.2) is 42.6 Å². The van der Waals surface area contributed by atoms with Crippen molar-refractivity contribution < 1.29 is 38.1 Å². The van der Waals surface area contributed by atoms with Gasteiger partial charge in [0.25, 0.3) is 5.91 Å². The van der Waals surface area contributed by atoms with E-state index in [2.05, 4.69) is 10.3 Å². The zero-order valence-electron chi connectivity index (χ0n) is 19.2. The van der Waals surface area contributed by atoms with Gasteiger partial charge in [-0.05, 0) is 32.9 Å². The van der Waals surface area contributed by atoms with E-state index in [9.17, 15) is 14.4 Å². The van der Waals surface area contributed by atoms with Crippen LogP contribution >= 0.6 is 0 Å². The van der Waals surface area contributed by atoms with Crippen molar-refractivity contribution in [2.24, 2.45) is 0 Å². The van der Waals surface area contributed by atoms with Gasteiger partial charge in [-0.1, -0.05) is 18.2 Å². The van der Waals surface area contributed by atoms with Gasteiger partial charge in [0.2, 0.25) is 6.79 Å². The van der Waals surface area contributed by atoms with Crippen molar-refractivity contribution in [1.82, 2.24) is 10.3 Å². The molecule has 1 amide bonds. The number of amides is 1. The Morgan fingerprint density at radius 1 is 1.03 bits per heavy atom. The van der Waals surface area contributed by atoms with Crippen molar-refractivity contribution in [2.75, 3.05) is 13.9 Å². The second-order valence-corrected chi connectivity index (χ2v) is 7.06. The highest BCUT2D eigenvalue weighted by atomic mass is 16.7. The van der Waals surface area contributed by atoms with Crippen molar-refractivity contribution in [3.63, 3.8) is 0 Å². The maximum absolute atomic E-state index is 12.8. The lowest BCUT2D eigenvalue weighted by Crippen LogP contribution is -2.43. The van der Waals surface area contributed by atoms with Crippen molar-refractivity contribution in [1.29, 1.82) is 0 Å². The van der Waals surface area contributed by atoms with Crippen molar-refractivity contribution in [2.45, 2.75) is 45.9 Å². The maximum Gasteiger partial charge on any atom is 0.328 e. The van der Waals surface area contributed by atoms with Crippen LogP contribution in [-0.4, -0.2) is 55.0 Å². The molecule has 3 atom stereocenters. The highest BCUT2D eigenvalue weighted by Crippen LogP contribution is 2.29. The van der Waals surface area contributed by atoms with Crippen LogP contribution in [0.1, 0.15) is 38.2 Å². The van der Waals surface area contributed by atoms with Gasteiger partial charge in [0.15, 0.2) is 17.2 Å². The third-order valence-corrected chi connectivity index (χ3v) is 4.50. The molecule has 10 nitrogen and oxygen atoms in total. The third-order valence-electron chi connectivity index (χ3n) is 4.50. The summed E-state index contributed by atoms with van der Waals surface area (Å²) in [5.74, 6) is -1.07. The van der Waals surface area contributed by atoms with Gasteiger partial charge in [0.05, 0.1) is 7.11 Å². The Bertz CT molecular complexity index is 951. The fraction of sp³-hybridized carbons (Fsp3) is 0.391. The molecular formula is C23H28N2O8. The molecule has 178 valence electrons. The summed E-state index contributed by atoms with van der Waals surface area (Å²) in [5, 5.41) is 2.52. The first-order valence-electron chi connectivity index (χ1n) is 10.2. The van der Waals surface area contributed by atoms with E-state index in [4.69, 9.17) is 23.7 Å². The van der Waals surface area contributed by atoms with E-state index in [1.807, 2.05) is 18.2 Å². The average molecular weight is 460 g/mol. The maximum atomic E-state index is 12.8. The summed E-state index contributed by atoms with van der Waals surface area (Å²) in [5.41, 5.74) is -0.144. The van der Waals surface area contributed by atoms with E-state index in [1.165, 1.54) is 33.2 Å². The van der Waals surface area contributed by atoms with Gasteiger partial charge in [0.1, 0.15) is 24.0 Å². The summed E-state index contributed by atoms with van der Waals surface area (Å²) in [4.78, 5) is 40.2. The zero-order valence-corrected chi connectivity index (χ0v) is 19.2. The van der Waals surface area contributed by atoms with Gasteiger partial charge >= 0.3 is 11.9 Å². The molecule has 0 radical (unpaired) electrons. The molecule has 0 aliphatic heterocycles. The summed E-state index contributed by atoms with van der Waals surface area (Å²) in [6, 6.07) is 9.65. The minimum Gasteiger partial charge on any atom is -0.493 e. The fourth-order valence-corrected chi connectivity index (χ4v) is 2.58. The van der Waals surface area contributed by atoms with Gasteiger partial charge in [0, 0.05) is 19.2 Å². The summed E-state index contributed by atoms with van der Waals surface area (Å²) in [7, 11) is 1.38. The molecule has 0 saturated carbocycles. The Morgan fingerprint density at radius 3 is 2.36 bits per heavy atom. The minimum absolute atomic E-state index is 0.0300. The zero-order chi connectivity index (χ0) is 24.4. The number of hydrogen-bond acceptors (Lipinski definition) is 9. The topological polar surface area (TPSA) is 122 Å². The molecule has 0 aliphatic rings. The Balaban J connectivity index is 1.99. The monoisotopic (exact) mass is 460 g/mol. The second kappa shape index (κ2) is 12.3. The smallest absolute Gasteiger partial charge is 0.328 e. The number of carbonyl (C=O) groups excluding carboxylic acids is 3. The third kappa shape index (κ3) is 7.67. The van der Waals surface area contributed by atoms with Crippen molar-refractivity contribution in [3.8, 4) is 17.2 Å². The number of nitrogens with one attached hydrogen (secondary N) is 1. The molecule has 2 aromatic rings. The number of rotatable bonds is 11. The Labute approximate surface area is 192 Å². The predicted molar refractivity (Wildman–Crippen MR) is 117 cm³/mol. The van der Waals surface area contributed by atoms with E-state index in [0.717, 1.165) is 0 Å². The number of carbonyl (C=O) groups is 3. The Kier molecular flexibility index (Phi) is 9.46. The van der Waals surface area contributed by atoms with Crippen LogP contribution in [0.3, 0.4) is 0 Å². The van der Waals surface area contributed by atoms with E-state index < -0.39 is 42.9 Å². The number of hydrogen-bond donors (Lipinski definition) is 1. The molecule has 10 heteroatoms. The van der Waals surface area contributed by atoms with Crippen molar-refractivity contribution >= 4 is 17.8 Å². The number of benzene rings is 1. The molecule has 0 aliphatic carbocycles. The molecule has 33 heavy (non-hydrogen) atoms. The number of para-hydroxylation sites is 1. The lowest BCUT2D eigenvalue weighted by atomic mass is 10.2. The van der Waals surface area contributed by atoms with Crippen LogP contribution in [-0.2, 0) is 19.1 Å². The standard InChI is InChI=1S/C23H28N2O8/c1-14(23(28)33-16(3)15(2)32-18-9-7-6-8-10-18)25-22(27)20-21(31-13-30-17(4)26)19(29-5)11-12-24-20/h6-12,14-16H,13H2,1-5H3,(H,25,27)/t14-,15-,16-/m0/s1. The van der Waals surface area contributed by atoms with Crippen LogP contribution < -0.4 is 19.5 Å². The summed E-state index contributed by atoms with van der Waals surface area (Å²) < 4.78 is 26.5. The fourth-order valence-electron chi connectivity index (χ4n) is 2.58. The number of esters is 2. The van der Waals surface area contributed by atoms with Gasteiger partial charge in [-0.3, -0.25) is 9.59 Å². The van der Waals surface area contributed by atoms with Crippen LogP contribution in [0, 0.1) is 0 Å². The van der Waals surface area contributed by atoms with Crippen molar-refractivity contribution in [3.05, 3.63) is 48.3 Å². The van der Waals surface area contributed by atoms with Gasteiger partial charge in [-0.15, -0.1) is 0 Å². The summed E-state index contributed by atoms with van der Waals surface area (Å²) in [6.45, 7) is 5.74. The molecule has 1 N–H and O–H groups in total. The van der Waals surface area contributed by atoms with Crippen LogP contribution in [0.5, 0.6) is 17.2 Å². The molecule has 0 bridgehead atoms. The first-order valence-corrected chi connectivity index (χ1v) is 10.2. The quantitative estimate of drug-likeness (QED) is 0.398. The molecule has 0 fully saturated rings. The number of pyridine rings is 1. The SMILES string of the molecule is COc1ccnc(C(=O)N[C@@H](C)C(=O)O[C@@H](C)[C@H](C)Oc2ccccc2)c1OCOC(C)=O. The molecular weight excluding hydrogens is 432 g/mol. The normalized spacial score (nSPS) is 13.1. The Hall–Kier alpha value is -3.82. The van der Waals surface area contributed by atoms with E-state index in [-0.39, 0.29) is 17.2 Å². The molecule has 1 aromatic heterocycles. The number of ether oxygens (including phenoxy) is 5. The van der Waals surface area contributed by atoms with Gasteiger partial charge in [-0.2, -0.15) is 0 Å². The van der Waals surface area contributed by atoms with Gasteiger partial charge in [-0.25, -0.2) is 9.78 Å². The first kappa shape index (κ1) is 25.4. The lowest BCUT2D eigenvalue weighted by molar-refractivity contribution is -0.154. The summed E-state index contributed by atoms with van der Waals surface area (Å²) >= 11 is 0. The van der Waals surface area contributed by atoms with Crippen LogP contribution in [0.4, 0.5) is 0 Å². The summed E-state index contributed by atoms with van der Waals surface area (Å²) in [6.07, 6.45) is 0.357. The number of nitrogens with zero attached hydrogens (tertiary/aromatic N) is 1. The highest BCUT2D eigenvalue weighted by molar-refractivity contribution is 5.98. The molecule has 0 spiro atoms. The molecule has 0 saturated heterocycles. The average Bonchev–Trinajstić information content (AvgIpc) is 2.79. The van der Waals surface area contributed by atoms with E-state index in [0.29, 0.717) is 5.75 Å². The lowest BCUT2D eigenvalue weighted by Gasteiger charge is -2.23. The van der Waals surface area contributed by atoms with E-state index in [1.54, 1.807) is 26.0 Å². The molecule has 2 rings (SSSR count). The second-order valence-electron chi connectivity index (χ2n) is 7.06. The van der Waals surface area contributed by atoms with Crippen LogP contribution in [0.25, 0.3) is 0 Å². The Morgan fingerprint density at radius 2 is 1.73 bits per heavy atom. The number of methoxy groups -OCH3 is 1.